The number of nitro benzene ring substituents is 1. The predicted octanol–water partition coefficient (Wildman–Crippen LogP) is 1.94. The van der Waals surface area contributed by atoms with Gasteiger partial charge in [-0.15, -0.1) is 0 Å². The first kappa shape index (κ1) is 20.1. The molecule has 29 heavy (non-hydrogen) atoms. The van der Waals surface area contributed by atoms with Crippen molar-refractivity contribution in [3.05, 3.63) is 63.2 Å². The lowest BCUT2D eigenvalue weighted by atomic mass is 10.1. The zero-order valence-corrected chi connectivity index (χ0v) is 15.5. The van der Waals surface area contributed by atoms with Crippen LogP contribution in [0.3, 0.4) is 0 Å². The molecule has 0 spiro atoms. The smallest absolute Gasteiger partial charge is 0.325 e. The molecule has 152 valence electrons. The average molecular weight is 402 g/mol. The Balaban J connectivity index is 1.60. The number of carbonyl (C=O) groups excluding carboxylic acids is 2. The molecule has 0 aromatic heterocycles. The van der Waals surface area contributed by atoms with E-state index in [9.17, 15) is 19.7 Å². The Morgan fingerprint density at radius 1 is 1.28 bits per heavy atom. The van der Waals surface area contributed by atoms with Gasteiger partial charge >= 0.3 is 5.97 Å². The summed E-state index contributed by atoms with van der Waals surface area (Å²) in [5.41, 5.74) is 1.03. The van der Waals surface area contributed by atoms with E-state index >= 15 is 0 Å². The van der Waals surface area contributed by atoms with Crippen molar-refractivity contribution in [2.24, 2.45) is 0 Å². The maximum absolute atomic E-state index is 12.1. The first-order valence-corrected chi connectivity index (χ1v) is 8.56. The Kier molecular flexibility index (Phi) is 6.25. The molecule has 1 aliphatic rings. The number of ether oxygens (including phenoxy) is 4. The summed E-state index contributed by atoms with van der Waals surface area (Å²) in [6, 6.07) is 9.10. The highest BCUT2D eigenvalue weighted by atomic mass is 16.7. The van der Waals surface area contributed by atoms with Crippen molar-refractivity contribution >= 4 is 17.6 Å². The Morgan fingerprint density at radius 2 is 2.10 bits per heavy atom. The largest absolute Gasteiger partial charge is 0.497 e. The first-order chi connectivity index (χ1) is 14.0. The molecule has 0 radical (unpaired) electrons. The number of fused-ring (bicyclic) bond motifs is 1. The van der Waals surface area contributed by atoms with Gasteiger partial charge in [0.25, 0.3) is 11.6 Å². The van der Waals surface area contributed by atoms with Crippen molar-refractivity contribution in [3.63, 3.8) is 0 Å². The van der Waals surface area contributed by atoms with E-state index in [4.69, 9.17) is 18.9 Å². The van der Waals surface area contributed by atoms with Crippen LogP contribution in [0.25, 0.3) is 0 Å². The second-order valence-electron chi connectivity index (χ2n) is 6.04. The quantitative estimate of drug-likeness (QED) is 0.423. The van der Waals surface area contributed by atoms with Crippen molar-refractivity contribution in [2.45, 2.75) is 13.2 Å². The van der Waals surface area contributed by atoms with E-state index in [-0.39, 0.29) is 32.2 Å². The number of methoxy groups -OCH3 is 1. The number of nitrogens with one attached hydrogen (secondary N) is 1. The highest BCUT2D eigenvalue weighted by molar-refractivity contribution is 5.96. The van der Waals surface area contributed by atoms with Gasteiger partial charge in [-0.2, -0.15) is 0 Å². The third kappa shape index (κ3) is 4.99. The maximum atomic E-state index is 12.1. The summed E-state index contributed by atoms with van der Waals surface area (Å²) in [7, 11) is 1.48. The topological polar surface area (TPSA) is 126 Å². The van der Waals surface area contributed by atoms with Crippen molar-refractivity contribution < 1.29 is 33.5 Å². The Labute approximate surface area is 165 Å². The third-order valence-electron chi connectivity index (χ3n) is 4.10. The normalized spacial score (nSPS) is 12.3. The molecule has 2 aromatic rings. The van der Waals surface area contributed by atoms with Crippen LogP contribution >= 0.6 is 0 Å². The van der Waals surface area contributed by atoms with Crippen molar-refractivity contribution in [1.29, 1.82) is 0 Å². The Bertz CT molecular complexity index is 944. The van der Waals surface area contributed by atoms with Gasteiger partial charge in [0.2, 0.25) is 0 Å². The molecule has 1 heterocycles. The molecule has 0 unspecified atom stereocenters. The Hall–Kier alpha value is -3.66. The molecule has 0 aliphatic carbocycles. The van der Waals surface area contributed by atoms with Crippen LogP contribution in [-0.4, -0.2) is 37.2 Å². The lowest BCUT2D eigenvalue weighted by Crippen LogP contribution is -2.30. The van der Waals surface area contributed by atoms with E-state index < -0.39 is 16.8 Å². The van der Waals surface area contributed by atoms with E-state index in [1.54, 1.807) is 18.2 Å². The molecule has 0 fully saturated rings. The number of non-ortho nitro benzene ring substituents is 1. The Morgan fingerprint density at radius 3 is 2.86 bits per heavy atom. The number of benzene rings is 2. The monoisotopic (exact) mass is 402 g/mol. The third-order valence-corrected chi connectivity index (χ3v) is 4.10. The number of nitrogens with zero attached hydrogens (tertiary/aromatic N) is 1. The summed E-state index contributed by atoms with van der Waals surface area (Å²) in [5.74, 6) is -0.252. The molecule has 10 nitrogen and oxygen atoms in total. The molecular formula is C19H18N2O8. The zero-order valence-electron chi connectivity index (χ0n) is 15.5. The van der Waals surface area contributed by atoms with Crippen LogP contribution in [0, 0.1) is 10.1 Å². The van der Waals surface area contributed by atoms with Gasteiger partial charge in [-0.05, 0) is 18.2 Å². The van der Waals surface area contributed by atoms with E-state index in [0.29, 0.717) is 28.2 Å². The highest BCUT2D eigenvalue weighted by Gasteiger charge is 2.22. The number of hydrogen-bond acceptors (Lipinski definition) is 8. The second kappa shape index (κ2) is 9.02. The van der Waals surface area contributed by atoms with Gasteiger partial charge in [0.15, 0.2) is 6.79 Å². The molecule has 0 bridgehead atoms. The number of amides is 1. The van der Waals surface area contributed by atoms with Gasteiger partial charge in [-0.25, -0.2) is 0 Å². The SMILES string of the molecule is COc1cccc(C(=O)NCC(=O)OCc2cc([N+](=O)[O-])cc3c2OCOC3)c1. The van der Waals surface area contributed by atoms with Gasteiger partial charge in [0.05, 0.1) is 18.6 Å². The molecule has 1 N–H and O–H groups in total. The molecule has 0 saturated carbocycles. The molecule has 1 aliphatic heterocycles. The van der Waals surface area contributed by atoms with Crippen LogP contribution < -0.4 is 14.8 Å². The second-order valence-corrected chi connectivity index (χ2v) is 6.04. The molecule has 2 aromatic carbocycles. The number of rotatable bonds is 7. The molecule has 0 saturated heterocycles. The van der Waals surface area contributed by atoms with Gasteiger partial charge < -0.3 is 24.3 Å². The number of carbonyl (C=O) groups is 2. The summed E-state index contributed by atoms with van der Waals surface area (Å²) in [5, 5.41) is 13.5. The molecule has 3 rings (SSSR count). The standard InChI is InChI=1S/C19H18N2O8/c1-26-16-4-2-3-12(7-16)19(23)20-8-17(22)28-10-14-6-15(21(24)25)5-13-9-27-11-29-18(13)14/h2-7H,8-11H2,1H3,(H,20,23). The zero-order chi connectivity index (χ0) is 20.8. The minimum absolute atomic E-state index is 0.00233. The molecule has 0 atom stereocenters. The van der Waals surface area contributed by atoms with Crippen molar-refractivity contribution in [2.75, 3.05) is 20.4 Å². The van der Waals surface area contributed by atoms with Crippen LogP contribution in [0.2, 0.25) is 0 Å². The maximum Gasteiger partial charge on any atom is 0.325 e. The van der Waals surface area contributed by atoms with Crippen LogP contribution in [0.5, 0.6) is 11.5 Å². The summed E-state index contributed by atoms with van der Waals surface area (Å²) in [6.45, 7) is -0.439. The predicted molar refractivity (Wildman–Crippen MR) is 98.5 cm³/mol. The van der Waals surface area contributed by atoms with Crippen molar-refractivity contribution in [1.82, 2.24) is 5.32 Å². The van der Waals surface area contributed by atoms with E-state index in [1.807, 2.05) is 0 Å². The summed E-state index contributed by atoms with van der Waals surface area (Å²) < 4.78 is 20.7. The lowest BCUT2D eigenvalue weighted by Gasteiger charge is -2.20. The van der Waals surface area contributed by atoms with E-state index in [2.05, 4.69) is 5.32 Å². The summed E-state index contributed by atoms with van der Waals surface area (Å²) in [4.78, 5) is 34.7. The summed E-state index contributed by atoms with van der Waals surface area (Å²) >= 11 is 0. The average Bonchev–Trinajstić information content (AvgIpc) is 2.75. The van der Waals surface area contributed by atoms with Gasteiger partial charge in [-0.3, -0.25) is 19.7 Å². The van der Waals surface area contributed by atoms with Gasteiger partial charge in [-0.1, -0.05) is 6.07 Å². The van der Waals surface area contributed by atoms with Crippen LogP contribution in [0.15, 0.2) is 36.4 Å². The molecule has 10 heteroatoms. The highest BCUT2D eigenvalue weighted by Crippen LogP contribution is 2.33. The van der Waals surface area contributed by atoms with Gasteiger partial charge in [0.1, 0.15) is 24.7 Å². The molecule has 1 amide bonds. The lowest BCUT2D eigenvalue weighted by molar-refractivity contribution is -0.385. The minimum atomic E-state index is -0.700. The van der Waals surface area contributed by atoms with Crippen LogP contribution in [-0.2, 0) is 27.5 Å². The van der Waals surface area contributed by atoms with Crippen LogP contribution in [0.4, 0.5) is 5.69 Å². The fraction of sp³-hybridized carbons (Fsp3) is 0.263. The fourth-order valence-electron chi connectivity index (χ4n) is 2.72. The first-order valence-electron chi connectivity index (χ1n) is 8.56. The van der Waals surface area contributed by atoms with E-state index in [1.165, 1.54) is 25.3 Å². The summed E-state index contributed by atoms with van der Waals surface area (Å²) in [6.07, 6.45) is 0. The molecular weight excluding hydrogens is 384 g/mol. The fourth-order valence-corrected chi connectivity index (χ4v) is 2.72. The van der Waals surface area contributed by atoms with E-state index in [0.717, 1.165) is 0 Å². The number of hydrogen-bond donors (Lipinski definition) is 1. The van der Waals surface area contributed by atoms with Crippen LogP contribution in [0.1, 0.15) is 21.5 Å². The number of nitro groups is 1. The van der Waals surface area contributed by atoms with Gasteiger partial charge in [0, 0.05) is 28.8 Å². The minimum Gasteiger partial charge on any atom is -0.497 e. The van der Waals surface area contributed by atoms with Crippen molar-refractivity contribution in [3.8, 4) is 11.5 Å². The number of esters is 1.